The van der Waals surface area contributed by atoms with E-state index < -0.39 is 0 Å². The zero-order chi connectivity index (χ0) is 21.4. The molecule has 0 aromatic carbocycles. The number of amides is 1. The van der Waals surface area contributed by atoms with Gasteiger partial charge >= 0.3 is 0 Å². The van der Waals surface area contributed by atoms with Crippen molar-refractivity contribution in [3.8, 4) is 5.88 Å². The summed E-state index contributed by atoms with van der Waals surface area (Å²) in [5, 5.41) is 12.5. The largest absolute Gasteiger partial charge is 0.474 e. The number of hydrogen-bond acceptors (Lipinski definition) is 7. The van der Waals surface area contributed by atoms with Gasteiger partial charge in [0.2, 0.25) is 5.88 Å². The molecule has 10 nitrogen and oxygen atoms in total. The lowest BCUT2D eigenvalue weighted by molar-refractivity contribution is 0.0664. The average molecular weight is 421 g/mol. The lowest BCUT2D eigenvalue weighted by Crippen LogP contribution is -2.19. The number of nitrogens with zero attached hydrogens (tertiary/aromatic N) is 6. The molecule has 1 fully saturated rings. The molecule has 160 valence electrons. The van der Waals surface area contributed by atoms with Gasteiger partial charge < -0.3 is 14.8 Å². The molecule has 0 spiro atoms. The third-order valence-corrected chi connectivity index (χ3v) is 5.16. The molecule has 31 heavy (non-hydrogen) atoms. The van der Waals surface area contributed by atoms with Crippen molar-refractivity contribution in [3.63, 3.8) is 0 Å². The number of nitrogens with one attached hydrogen (secondary N) is 1. The number of rotatable bonds is 5. The van der Waals surface area contributed by atoms with Gasteiger partial charge in [0, 0.05) is 37.2 Å². The minimum Gasteiger partial charge on any atom is -0.474 e. The Bertz CT molecular complexity index is 1240. The van der Waals surface area contributed by atoms with Crippen molar-refractivity contribution in [2.75, 3.05) is 18.5 Å². The van der Waals surface area contributed by atoms with Crippen LogP contribution in [0.2, 0.25) is 0 Å². The smallest absolute Gasteiger partial charge is 0.261 e. The van der Waals surface area contributed by atoms with Gasteiger partial charge in [-0.25, -0.2) is 9.50 Å². The number of fused-ring (bicyclic) bond motifs is 2. The van der Waals surface area contributed by atoms with E-state index in [0.29, 0.717) is 22.5 Å². The van der Waals surface area contributed by atoms with E-state index in [4.69, 9.17) is 9.47 Å². The zero-order valence-corrected chi connectivity index (χ0v) is 17.4. The van der Waals surface area contributed by atoms with Crippen LogP contribution in [-0.2, 0) is 4.74 Å². The minimum atomic E-state index is -0.343. The van der Waals surface area contributed by atoms with Crippen molar-refractivity contribution in [3.05, 3.63) is 42.5 Å². The Morgan fingerprint density at radius 3 is 2.97 bits per heavy atom. The van der Waals surface area contributed by atoms with E-state index in [2.05, 4.69) is 25.5 Å². The number of ether oxygens (including phenoxy) is 2. The quantitative estimate of drug-likeness (QED) is 0.528. The molecule has 5 rings (SSSR count). The molecular weight excluding hydrogens is 398 g/mol. The van der Waals surface area contributed by atoms with E-state index in [-0.39, 0.29) is 23.9 Å². The Morgan fingerprint density at radius 2 is 2.16 bits per heavy atom. The number of carbonyl (C=O) groups is 1. The number of aromatic nitrogens is 6. The summed E-state index contributed by atoms with van der Waals surface area (Å²) >= 11 is 0. The molecule has 0 saturated carbocycles. The SMILES string of the molecule is CC(C)Oc1nc2nn(C3CCOCC3)cc2cc1C(=O)Nc1cnn2cccnc12. The van der Waals surface area contributed by atoms with Gasteiger partial charge in [0.25, 0.3) is 5.91 Å². The van der Waals surface area contributed by atoms with E-state index in [1.54, 1.807) is 35.2 Å². The molecule has 10 heteroatoms. The fourth-order valence-corrected chi connectivity index (χ4v) is 3.68. The third kappa shape index (κ3) is 3.81. The molecule has 1 amide bonds. The highest BCUT2D eigenvalue weighted by Crippen LogP contribution is 2.27. The predicted octanol–water partition coefficient (Wildman–Crippen LogP) is 2.87. The van der Waals surface area contributed by atoms with Crippen LogP contribution in [0.1, 0.15) is 43.1 Å². The molecule has 4 aromatic rings. The Labute approximate surface area is 178 Å². The van der Waals surface area contributed by atoms with Gasteiger partial charge in [0.1, 0.15) is 11.3 Å². The molecule has 1 saturated heterocycles. The average Bonchev–Trinajstić information content (AvgIpc) is 3.37. The van der Waals surface area contributed by atoms with Gasteiger partial charge in [0.15, 0.2) is 11.3 Å². The number of hydrogen-bond donors (Lipinski definition) is 1. The first-order valence-electron chi connectivity index (χ1n) is 10.3. The summed E-state index contributed by atoms with van der Waals surface area (Å²) in [6.07, 6.45) is 8.58. The molecule has 0 atom stereocenters. The third-order valence-electron chi connectivity index (χ3n) is 5.16. The van der Waals surface area contributed by atoms with E-state index in [1.807, 2.05) is 24.7 Å². The monoisotopic (exact) mass is 421 g/mol. The predicted molar refractivity (Wildman–Crippen MR) is 113 cm³/mol. The first-order chi connectivity index (χ1) is 15.1. The Kier molecular flexibility index (Phi) is 4.99. The van der Waals surface area contributed by atoms with Crippen LogP contribution in [0.15, 0.2) is 36.9 Å². The summed E-state index contributed by atoms with van der Waals surface area (Å²) < 4.78 is 14.8. The second kappa shape index (κ2) is 7.95. The maximum absolute atomic E-state index is 13.2. The molecule has 1 N–H and O–H groups in total. The van der Waals surface area contributed by atoms with Gasteiger partial charge in [-0.3, -0.25) is 9.48 Å². The van der Waals surface area contributed by atoms with Crippen molar-refractivity contribution >= 4 is 28.3 Å². The maximum Gasteiger partial charge on any atom is 0.261 e. The highest BCUT2D eigenvalue weighted by atomic mass is 16.5. The van der Waals surface area contributed by atoms with E-state index in [9.17, 15) is 4.79 Å². The zero-order valence-electron chi connectivity index (χ0n) is 17.4. The Balaban J connectivity index is 1.51. The Morgan fingerprint density at radius 1 is 1.32 bits per heavy atom. The minimum absolute atomic E-state index is 0.146. The van der Waals surface area contributed by atoms with Crippen molar-refractivity contribution < 1.29 is 14.3 Å². The highest BCUT2D eigenvalue weighted by molar-refractivity contribution is 6.08. The fraction of sp³-hybridized carbons (Fsp3) is 0.381. The first-order valence-corrected chi connectivity index (χ1v) is 10.3. The van der Waals surface area contributed by atoms with Crippen LogP contribution in [0.5, 0.6) is 5.88 Å². The molecular formula is C21H23N7O3. The highest BCUT2D eigenvalue weighted by Gasteiger charge is 2.22. The topological polar surface area (TPSA) is 108 Å². The lowest BCUT2D eigenvalue weighted by atomic mass is 10.1. The maximum atomic E-state index is 13.2. The van der Waals surface area contributed by atoms with E-state index >= 15 is 0 Å². The van der Waals surface area contributed by atoms with Crippen LogP contribution in [-0.4, -0.2) is 54.6 Å². The number of carbonyl (C=O) groups excluding carboxylic acids is 1. The molecule has 0 radical (unpaired) electrons. The van der Waals surface area contributed by atoms with E-state index in [1.165, 1.54) is 0 Å². The normalized spacial score (nSPS) is 15.1. The summed E-state index contributed by atoms with van der Waals surface area (Å²) in [6, 6.07) is 3.81. The van der Waals surface area contributed by atoms with Crippen molar-refractivity contribution in [2.24, 2.45) is 0 Å². The van der Waals surface area contributed by atoms with Gasteiger partial charge in [-0.15, -0.1) is 0 Å². The van der Waals surface area contributed by atoms with Gasteiger partial charge in [-0.2, -0.15) is 15.2 Å². The summed E-state index contributed by atoms with van der Waals surface area (Å²) in [5.74, 6) is -0.0916. The first kappa shape index (κ1) is 19.4. The number of pyridine rings is 1. The van der Waals surface area contributed by atoms with Crippen LogP contribution in [0.3, 0.4) is 0 Å². The molecule has 1 aliphatic heterocycles. The van der Waals surface area contributed by atoms with Crippen molar-refractivity contribution in [1.29, 1.82) is 0 Å². The second-order valence-corrected chi connectivity index (χ2v) is 7.77. The summed E-state index contributed by atoms with van der Waals surface area (Å²) in [7, 11) is 0. The molecule has 1 aliphatic rings. The molecule has 0 aliphatic carbocycles. The van der Waals surface area contributed by atoms with Gasteiger partial charge in [0.05, 0.1) is 18.3 Å². The summed E-state index contributed by atoms with van der Waals surface area (Å²) in [4.78, 5) is 22.0. The van der Waals surface area contributed by atoms with Crippen LogP contribution in [0.4, 0.5) is 5.69 Å². The summed E-state index contributed by atoms with van der Waals surface area (Å²) in [6.45, 7) is 5.22. The van der Waals surface area contributed by atoms with Crippen LogP contribution in [0, 0.1) is 0 Å². The summed E-state index contributed by atoms with van der Waals surface area (Å²) in [5.41, 5.74) is 1.96. The standard InChI is InChI=1S/C21H23N7O3/c1-13(2)31-21-16(20(29)24-17-11-23-27-7-3-6-22-19(17)27)10-14-12-28(26-18(14)25-21)15-4-8-30-9-5-15/h3,6-7,10-13,15H,4-5,8-9H2,1-2H3,(H,24,29). The molecule has 4 aromatic heterocycles. The van der Waals surface area contributed by atoms with Crippen LogP contribution < -0.4 is 10.1 Å². The van der Waals surface area contributed by atoms with Gasteiger partial charge in [-0.05, 0) is 38.8 Å². The van der Waals surface area contributed by atoms with E-state index in [0.717, 1.165) is 31.4 Å². The fourth-order valence-electron chi connectivity index (χ4n) is 3.68. The van der Waals surface area contributed by atoms with Crippen LogP contribution >= 0.6 is 0 Å². The lowest BCUT2D eigenvalue weighted by Gasteiger charge is -2.21. The second-order valence-electron chi connectivity index (χ2n) is 7.77. The molecule has 5 heterocycles. The van der Waals surface area contributed by atoms with Gasteiger partial charge in [-0.1, -0.05) is 0 Å². The molecule has 0 bridgehead atoms. The Hall–Kier alpha value is -3.53. The van der Waals surface area contributed by atoms with Crippen molar-refractivity contribution in [1.82, 2.24) is 29.4 Å². The molecule has 0 unspecified atom stereocenters. The van der Waals surface area contributed by atoms with Crippen molar-refractivity contribution in [2.45, 2.75) is 38.8 Å². The number of anilines is 1. The van der Waals surface area contributed by atoms with Crippen LogP contribution in [0.25, 0.3) is 16.7 Å².